The van der Waals surface area contributed by atoms with Crippen molar-refractivity contribution in [1.82, 2.24) is 10.6 Å². The first-order valence-electron chi connectivity index (χ1n) is 12.3. The summed E-state index contributed by atoms with van der Waals surface area (Å²) in [6.45, 7) is 0. The summed E-state index contributed by atoms with van der Waals surface area (Å²) in [4.78, 5) is 25.9. The molecule has 11 heteroatoms. The summed E-state index contributed by atoms with van der Waals surface area (Å²) in [7, 11) is 2.72. The molecule has 3 aromatic rings. The Morgan fingerprint density at radius 2 is 1.92 bits per heavy atom. The van der Waals surface area contributed by atoms with Crippen molar-refractivity contribution in [2.45, 2.75) is 36.0 Å². The van der Waals surface area contributed by atoms with Gasteiger partial charge in [-0.2, -0.15) is 0 Å². The molecule has 1 spiro atoms. The molecule has 0 bridgehead atoms. The first-order chi connectivity index (χ1) is 18.7. The normalized spacial score (nSPS) is 26.8. The number of nitrogens with one attached hydrogen (secondary N) is 3. The molecule has 202 valence electrons. The van der Waals surface area contributed by atoms with E-state index in [1.54, 1.807) is 42.5 Å². The van der Waals surface area contributed by atoms with Crippen LogP contribution in [0.15, 0.2) is 48.5 Å². The van der Waals surface area contributed by atoms with Gasteiger partial charge in [0.2, 0.25) is 5.91 Å². The number of hydrogen-bond acceptors (Lipinski definition) is 7. The van der Waals surface area contributed by atoms with Crippen molar-refractivity contribution in [3.63, 3.8) is 0 Å². The van der Waals surface area contributed by atoms with E-state index in [0.29, 0.717) is 33.9 Å². The van der Waals surface area contributed by atoms with E-state index < -0.39 is 23.2 Å². The predicted octanol–water partition coefficient (Wildman–Crippen LogP) is 4.52. The third-order valence-corrected chi connectivity index (χ3v) is 8.63. The lowest BCUT2D eigenvalue weighted by molar-refractivity contribution is -0.122. The van der Waals surface area contributed by atoms with Gasteiger partial charge in [0.25, 0.3) is 0 Å². The van der Waals surface area contributed by atoms with Gasteiger partial charge < -0.3 is 25.8 Å². The molecular formula is C28H25Cl2FN4O4. The van der Waals surface area contributed by atoms with Crippen LogP contribution in [0.3, 0.4) is 0 Å². The van der Waals surface area contributed by atoms with Crippen LogP contribution in [-0.4, -0.2) is 38.2 Å². The zero-order chi connectivity index (χ0) is 27.6. The van der Waals surface area contributed by atoms with E-state index >= 15 is 4.39 Å². The molecule has 8 nitrogen and oxygen atoms in total. The van der Waals surface area contributed by atoms with Crippen molar-refractivity contribution in [3.8, 4) is 5.75 Å². The lowest BCUT2D eigenvalue weighted by Crippen LogP contribution is -2.50. The second-order valence-electron chi connectivity index (χ2n) is 9.95. The largest absolute Gasteiger partial charge is 0.494 e. The van der Waals surface area contributed by atoms with Crippen molar-refractivity contribution in [1.29, 1.82) is 0 Å². The Bertz CT molecular complexity index is 1540. The topological polar surface area (TPSA) is 115 Å². The number of carbonyl (C=O) groups is 2. The summed E-state index contributed by atoms with van der Waals surface area (Å²) in [6.07, 6.45) is 0.534. The number of ether oxygens (including phenoxy) is 2. The quantitative estimate of drug-likeness (QED) is 0.269. The molecular weight excluding hydrogens is 546 g/mol. The monoisotopic (exact) mass is 570 g/mol. The molecule has 2 fully saturated rings. The maximum atomic E-state index is 15.6. The molecule has 0 aromatic heterocycles. The standard InChI is InChI=1S/C28H25Cl2FN4O4/c1-38-25-15(26(36)39-2)8-7-13(23(25)32)18-11-20-24(33-18)21(14-4-3-5-17(30)22(14)31)28(35-20)16-9-6-12(29)10-19(16)34-27(28)37/h3-10,18,20-21,24,33,35H,11,32H2,1-2H3,(H,34,37)/t18?,20-,21-,24+,28+/m0/s1. The highest BCUT2D eigenvalue weighted by molar-refractivity contribution is 6.31. The highest BCUT2D eigenvalue weighted by Gasteiger charge is 2.64. The third kappa shape index (κ3) is 3.71. The Morgan fingerprint density at radius 1 is 1.13 bits per heavy atom. The Kier molecular flexibility index (Phi) is 6.22. The molecule has 6 rings (SSSR count). The predicted molar refractivity (Wildman–Crippen MR) is 146 cm³/mol. The molecule has 2 saturated heterocycles. The lowest BCUT2D eigenvalue weighted by atomic mass is 9.74. The van der Waals surface area contributed by atoms with E-state index in [1.165, 1.54) is 20.3 Å². The Balaban J connectivity index is 1.45. The van der Waals surface area contributed by atoms with Gasteiger partial charge in [-0.1, -0.05) is 47.5 Å². The highest BCUT2D eigenvalue weighted by atomic mass is 35.5. The van der Waals surface area contributed by atoms with Crippen molar-refractivity contribution in [2.24, 2.45) is 0 Å². The van der Waals surface area contributed by atoms with E-state index in [9.17, 15) is 9.59 Å². The number of nitrogens with two attached hydrogens (primary N) is 1. The van der Waals surface area contributed by atoms with Gasteiger partial charge >= 0.3 is 5.97 Å². The second-order valence-corrected chi connectivity index (χ2v) is 10.8. The van der Waals surface area contributed by atoms with Gasteiger partial charge in [0.15, 0.2) is 5.75 Å². The lowest BCUT2D eigenvalue weighted by Gasteiger charge is -2.34. The number of benzene rings is 3. The number of hydrogen-bond donors (Lipinski definition) is 4. The zero-order valence-electron chi connectivity index (χ0n) is 21.0. The number of halogens is 3. The van der Waals surface area contributed by atoms with Gasteiger partial charge in [0.05, 0.1) is 24.9 Å². The fourth-order valence-electron chi connectivity index (χ4n) is 6.52. The molecule has 0 radical (unpaired) electrons. The first-order valence-corrected chi connectivity index (χ1v) is 13.1. The molecule has 3 aromatic carbocycles. The second kappa shape index (κ2) is 9.38. The van der Waals surface area contributed by atoms with Crippen LogP contribution in [0.1, 0.15) is 45.4 Å². The minimum atomic E-state index is -1.25. The number of amides is 1. The van der Waals surface area contributed by atoms with Crippen LogP contribution in [0.2, 0.25) is 10.0 Å². The van der Waals surface area contributed by atoms with Crippen LogP contribution in [0.5, 0.6) is 5.75 Å². The SMILES string of the molecule is COC(=O)c1ccc(C2C[C@@H]3N[C@@]4(C(=O)Nc5cc(Cl)ccc54)[C@@H](c4cccc(Cl)c4F)[C@@H]3N2)c(N)c1OC. The van der Waals surface area contributed by atoms with Crippen molar-refractivity contribution in [3.05, 3.63) is 86.6 Å². The summed E-state index contributed by atoms with van der Waals surface area (Å²) in [5.41, 5.74) is 8.05. The Hall–Kier alpha value is -3.37. The van der Waals surface area contributed by atoms with Crippen molar-refractivity contribution < 1.29 is 23.5 Å². The molecule has 0 aliphatic carbocycles. The van der Waals surface area contributed by atoms with Gasteiger partial charge in [0, 0.05) is 40.3 Å². The van der Waals surface area contributed by atoms with E-state index in [-0.39, 0.29) is 40.4 Å². The Morgan fingerprint density at radius 3 is 2.67 bits per heavy atom. The fraction of sp³-hybridized carbons (Fsp3) is 0.286. The molecule has 5 N–H and O–H groups in total. The number of anilines is 2. The third-order valence-electron chi connectivity index (χ3n) is 8.10. The number of rotatable bonds is 4. The maximum Gasteiger partial charge on any atom is 0.341 e. The molecule has 1 amide bonds. The summed E-state index contributed by atoms with van der Waals surface area (Å²) >= 11 is 12.4. The number of nitrogen functional groups attached to an aromatic ring is 1. The fourth-order valence-corrected chi connectivity index (χ4v) is 6.87. The molecule has 39 heavy (non-hydrogen) atoms. The van der Waals surface area contributed by atoms with Crippen molar-refractivity contribution >= 4 is 46.5 Å². The molecule has 1 unspecified atom stereocenters. The zero-order valence-corrected chi connectivity index (χ0v) is 22.5. The Labute approximate surface area is 233 Å². The van der Waals surface area contributed by atoms with E-state index in [2.05, 4.69) is 16.0 Å². The number of fused-ring (bicyclic) bond motifs is 3. The van der Waals surface area contributed by atoms with Gasteiger partial charge in [-0.15, -0.1) is 0 Å². The van der Waals surface area contributed by atoms with Gasteiger partial charge in [-0.3, -0.25) is 10.1 Å². The number of esters is 1. The van der Waals surface area contributed by atoms with E-state index in [0.717, 1.165) is 5.56 Å². The van der Waals surface area contributed by atoms with E-state index in [4.69, 9.17) is 38.4 Å². The smallest absolute Gasteiger partial charge is 0.341 e. The molecule has 3 aliphatic rings. The van der Waals surface area contributed by atoms with Crippen LogP contribution in [0.25, 0.3) is 0 Å². The van der Waals surface area contributed by atoms with E-state index in [1.807, 2.05) is 0 Å². The first kappa shape index (κ1) is 25.9. The molecule has 0 saturated carbocycles. The highest BCUT2D eigenvalue weighted by Crippen LogP contribution is 2.56. The molecule has 3 heterocycles. The average Bonchev–Trinajstić information content (AvgIpc) is 3.54. The number of methoxy groups -OCH3 is 2. The molecule has 5 atom stereocenters. The minimum Gasteiger partial charge on any atom is -0.494 e. The average molecular weight is 571 g/mol. The van der Waals surface area contributed by atoms with Gasteiger partial charge in [-0.25, -0.2) is 9.18 Å². The van der Waals surface area contributed by atoms with Crippen LogP contribution in [0, 0.1) is 5.82 Å². The molecule has 3 aliphatic heterocycles. The van der Waals surface area contributed by atoms with Crippen molar-refractivity contribution in [2.75, 3.05) is 25.3 Å². The summed E-state index contributed by atoms with van der Waals surface area (Å²) in [6, 6.07) is 12.5. The minimum absolute atomic E-state index is 0.0252. The summed E-state index contributed by atoms with van der Waals surface area (Å²) < 4.78 is 25.9. The van der Waals surface area contributed by atoms with Crippen LogP contribution >= 0.6 is 23.2 Å². The van der Waals surface area contributed by atoms with Crippen LogP contribution in [0.4, 0.5) is 15.8 Å². The summed E-state index contributed by atoms with van der Waals surface area (Å²) in [5.74, 6) is -1.87. The van der Waals surface area contributed by atoms with Gasteiger partial charge in [-0.05, 0) is 41.8 Å². The maximum absolute atomic E-state index is 15.6. The number of carbonyl (C=O) groups excluding carboxylic acids is 2. The van der Waals surface area contributed by atoms with Crippen LogP contribution in [-0.2, 0) is 15.1 Å². The van der Waals surface area contributed by atoms with Crippen LogP contribution < -0.4 is 26.4 Å². The summed E-state index contributed by atoms with van der Waals surface area (Å²) in [5, 5.41) is 10.6. The van der Waals surface area contributed by atoms with Gasteiger partial charge in [0.1, 0.15) is 16.9 Å².